The summed E-state index contributed by atoms with van der Waals surface area (Å²) in [7, 11) is 0. The number of aromatic nitrogens is 1. The molecule has 2 aromatic heterocycles. The quantitative estimate of drug-likeness (QED) is 0.852. The fourth-order valence-corrected chi connectivity index (χ4v) is 3.99. The zero-order chi connectivity index (χ0) is 14.7. The van der Waals surface area contributed by atoms with Crippen LogP contribution in [0.1, 0.15) is 42.3 Å². The smallest absolute Gasteiger partial charge is 0.133 e. The molecule has 112 valence electrons. The third-order valence-electron chi connectivity index (χ3n) is 4.16. The molecule has 0 radical (unpaired) electrons. The van der Waals surface area contributed by atoms with E-state index in [2.05, 4.69) is 46.6 Å². The Bertz CT molecular complexity index is 593. The van der Waals surface area contributed by atoms with Crippen molar-refractivity contribution in [2.45, 2.75) is 39.3 Å². The average Bonchev–Trinajstić information content (AvgIpc) is 2.98. The van der Waals surface area contributed by atoms with Crippen LogP contribution in [0.3, 0.4) is 0 Å². The number of hydrogen-bond acceptors (Lipinski definition) is 4. The predicted molar refractivity (Wildman–Crippen MR) is 90.0 cm³/mol. The molecule has 1 aliphatic heterocycles. The van der Waals surface area contributed by atoms with Crippen LogP contribution in [0.5, 0.6) is 0 Å². The molecule has 1 unspecified atom stereocenters. The van der Waals surface area contributed by atoms with E-state index in [1.54, 1.807) is 4.88 Å². The SMILES string of the molecule is CCCNCc1cccnc1N1CCc2sccc2C1C. The van der Waals surface area contributed by atoms with Gasteiger partial charge in [0.25, 0.3) is 0 Å². The van der Waals surface area contributed by atoms with Crippen molar-refractivity contribution in [3.8, 4) is 0 Å². The Labute approximate surface area is 131 Å². The first-order chi connectivity index (χ1) is 10.3. The molecule has 3 nitrogen and oxygen atoms in total. The molecule has 1 N–H and O–H groups in total. The summed E-state index contributed by atoms with van der Waals surface area (Å²) < 4.78 is 0. The van der Waals surface area contributed by atoms with Crippen LogP contribution in [0.4, 0.5) is 5.82 Å². The number of fused-ring (bicyclic) bond motifs is 1. The number of hydrogen-bond donors (Lipinski definition) is 1. The largest absolute Gasteiger partial charge is 0.349 e. The molecule has 3 rings (SSSR count). The average molecular weight is 301 g/mol. The summed E-state index contributed by atoms with van der Waals surface area (Å²) in [5, 5.41) is 5.71. The second kappa shape index (κ2) is 6.58. The van der Waals surface area contributed by atoms with Crippen LogP contribution in [0.25, 0.3) is 0 Å². The highest BCUT2D eigenvalue weighted by Crippen LogP contribution is 2.36. The van der Waals surface area contributed by atoms with Crippen molar-refractivity contribution in [3.05, 3.63) is 45.8 Å². The summed E-state index contributed by atoms with van der Waals surface area (Å²) in [6, 6.07) is 6.92. The van der Waals surface area contributed by atoms with Crippen molar-refractivity contribution >= 4 is 17.2 Å². The van der Waals surface area contributed by atoms with Crippen LogP contribution in [0, 0.1) is 0 Å². The van der Waals surface area contributed by atoms with Gasteiger partial charge in [0, 0.05) is 29.7 Å². The topological polar surface area (TPSA) is 28.2 Å². The Kier molecular flexibility index (Phi) is 4.56. The Morgan fingerprint density at radius 3 is 3.19 bits per heavy atom. The highest BCUT2D eigenvalue weighted by molar-refractivity contribution is 7.10. The summed E-state index contributed by atoms with van der Waals surface area (Å²) in [6.07, 6.45) is 4.21. The first-order valence-electron chi connectivity index (χ1n) is 7.78. The molecule has 0 aromatic carbocycles. The van der Waals surface area contributed by atoms with Crippen LogP contribution in [-0.2, 0) is 13.0 Å². The van der Waals surface area contributed by atoms with Crippen LogP contribution >= 0.6 is 11.3 Å². The van der Waals surface area contributed by atoms with Crippen LogP contribution in [0.15, 0.2) is 29.8 Å². The van der Waals surface area contributed by atoms with Crippen molar-refractivity contribution in [2.75, 3.05) is 18.0 Å². The Morgan fingerprint density at radius 1 is 1.43 bits per heavy atom. The zero-order valence-corrected chi connectivity index (χ0v) is 13.6. The number of nitrogens with zero attached hydrogens (tertiary/aromatic N) is 2. The maximum absolute atomic E-state index is 4.68. The third kappa shape index (κ3) is 2.97. The van der Waals surface area contributed by atoms with Crippen molar-refractivity contribution in [3.63, 3.8) is 0 Å². The van der Waals surface area contributed by atoms with Crippen molar-refractivity contribution < 1.29 is 0 Å². The van der Waals surface area contributed by atoms with E-state index in [0.29, 0.717) is 6.04 Å². The second-order valence-electron chi connectivity index (χ2n) is 5.58. The number of thiophene rings is 1. The summed E-state index contributed by atoms with van der Waals surface area (Å²) in [5.74, 6) is 1.14. The molecular weight excluding hydrogens is 278 g/mol. The molecule has 0 spiro atoms. The molecule has 0 aliphatic carbocycles. The fraction of sp³-hybridized carbons (Fsp3) is 0.471. The molecule has 21 heavy (non-hydrogen) atoms. The van der Waals surface area contributed by atoms with Gasteiger partial charge in [-0.3, -0.25) is 0 Å². The molecule has 0 saturated carbocycles. The van der Waals surface area contributed by atoms with E-state index >= 15 is 0 Å². The molecule has 0 saturated heterocycles. The molecule has 4 heteroatoms. The lowest BCUT2D eigenvalue weighted by Gasteiger charge is -2.35. The van der Waals surface area contributed by atoms with E-state index in [1.807, 2.05) is 23.6 Å². The molecule has 0 bridgehead atoms. The monoisotopic (exact) mass is 301 g/mol. The van der Waals surface area contributed by atoms with Gasteiger partial charge in [0.1, 0.15) is 5.82 Å². The molecule has 1 aliphatic rings. The predicted octanol–water partition coefficient (Wildman–Crippen LogP) is 3.77. The number of anilines is 1. The van der Waals surface area contributed by atoms with Gasteiger partial charge in [-0.15, -0.1) is 11.3 Å². The number of rotatable bonds is 5. The van der Waals surface area contributed by atoms with Crippen LogP contribution in [0.2, 0.25) is 0 Å². The standard InChI is InChI=1S/C17H23N3S/c1-3-8-18-12-14-5-4-9-19-17(14)20-10-6-16-15(13(20)2)7-11-21-16/h4-5,7,9,11,13,18H,3,6,8,10,12H2,1-2H3. The first kappa shape index (κ1) is 14.5. The fourth-order valence-electron chi connectivity index (χ4n) is 3.03. The highest BCUT2D eigenvalue weighted by atomic mass is 32.1. The van der Waals surface area contributed by atoms with Gasteiger partial charge in [0.2, 0.25) is 0 Å². The molecule has 1 atom stereocenters. The molecule has 2 aromatic rings. The van der Waals surface area contributed by atoms with E-state index in [1.165, 1.54) is 11.1 Å². The summed E-state index contributed by atoms with van der Waals surface area (Å²) in [6.45, 7) is 7.51. The second-order valence-corrected chi connectivity index (χ2v) is 6.58. The molecule has 3 heterocycles. The van der Waals surface area contributed by atoms with Gasteiger partial charge in [0.05, 0.1) is 6.04 Å². The summed E-state index contributed by atoms with van der Waals surface area (Å²) in [4.78, 5) is 8.68. The lowest BCUT2D eigenvalue weighted by Crippen LogP contribution is -2.34. The minimum Gasteiger partial charge on any atom is -0.349 e. The molecule has 0 fully saturated rings. The van der Waals surface area contributed by atoms with E-state index in [-0.39, 0.29) is 0 Å². The zero-order valence-electron chi connectivity index (χ0n) is 12.8. The van der Waals surface area contributed by atoms with Gasteiger partial charge in [-0.1, -0.05) is 13.0 Å². The van der Waals surface area contributed by atoms with Gasteiger partial charge < -0.3 is 10.2 Å². The lowest BCUT2D eigenvalue weighted by atomic mass is 10.0. The maximum atomic E-state index is 4.68. The minimum absolute atomic E-state index is 0.417. The van der Waals surface area contributed by atoms with E-state index in [4.69, 9.17) is 0 Å². The summed E-state index contributed by atoms with van der Waals surface area (Å²) >= 11 is 1.89. The molecular formula is C17H23N3S. The first-order valence-corrected chi connectivity index (χ1v) is 8.66. The van der Waals surface area contributed by atoms with E-state index in [9.17, 15) is 0 Å². The van der Waals surface area contributed by atoms with Crippen molar-refractivity contribution in [2.24, 2.45) is 0 Å². The number of nitrogens with one attached hydrogen (secondary N) is 1. The number of pyridine rings is 1. The third-order valence-corrected chi connectivity index (χ3v) is 5.16. The van der Waals surface area contributed by atoms with E-state index in [0.717, 1.165) is 38.3 Å². The van der Waals surface area contributed by atoms with E-state index < -0.39 is 0 Å². The van der Waals surface area contributed by atoms with Crippen molar-refractivity contribution in [1.29, 1.82) is 0 Å². The summed E-state index contributed by atoms with van der Waals surface area (Å²) in [5.41, 5.74) is 2.78. The maximum Gasteiger partial charge on any atom is 0.133 e. The van der Waals surface area contributed by atoms with Gasteiger partial charge in [-0.2, -0.15) is 0 Å². The highest BCUT2D eigenvalue weighted by Gasteiger charge is 2.26. The Balaban J connectivity index is 1.84. The van der Waals surface area contributed by atoms with Gasteiger partial charge in [-0.25, -0.2) is 4.98 Å². The van der Waals surface area contributed by atoms with Gasteiger partial charge in [-0.05, 0) is 49.4 Å². The minimum atomic E-state index is 0.417. The normalized spacial score (nSPS) is 17.8. The van der Waals surface area contributed by atoms with Crippen LogP contribution in [-0.4, -0.2) is 18.1 Å². The Morgan fingerprint density at radius 2 is 2.33 bits per heavy atom. The van der Waals surface area contributed by atoms with Crippen molar-refractivity contribution in [1.82, 2.24) is 10.3 Å². The van der Waals surface area contributed by atoms with Crippen LogP contribution < -0.4 is 10.2 Å². The lowest BCUT2D eigenvalue weighted by molar-refractivity contribution is 0.613. The Hall–Kier alpha value is -1.39. The van der Waals surface area contributed by atoms with Gasteiger partial charge in [0.15, 0.2) is 0 Å². The molecule has 0 amide bonds. The van der Waals surface area contributed by atoms with Gasteiger partial charge >= 0.3 is 0 Å².